The van der Waals surface area contributed by atoms with Crippen molar-refractivity contribution in [2.75, 3.05) is 45.7 Å². The maximum atomic E-state index is 5.83. The molecule has 0 unspecified atom stereocenters. The molecule has 1 rings (SSSR count). The van der Waals surface area contributed by atoms with E-state index in [0.717, 1.165) is 38.6 Å². The summed E-state index contributed by atoms with van der Waals surface area (Å²) in [5.74, 6) is 0.743. The van der Waals surface area contributed by atoms with Crippen molar-refractivity contribution in [3.05, 3.63) is 23.6 Å². The smallest absolute Gasteiger partial charge is 0.153 e. The van der Waals surface area contributed by atoms with Gasteiger partial charge in [0.1, 0.15) is 12.4 Å². The Morgan fingerprint density at radius 3 is 2.75 bits per heavy atom. The number of hydrogen-bond donors (Lipinski definition) is 1. The average molecular weight is 371 g/mol. The molecule has 1 fully saturated rings. The highest BCUT2D eigenvalue weighted by Gasteiger charge is 2.10. The van der Waals surface area contributed by atoms with E-state index in [4.69, 9.17) is 21.7 Å². The number of nitrogens with zero attached hydrogens (tertiary/aromatic N) is 3. The minimum absolute atomic E-state index is 0.603. The van der Waals surface area contributed by atoms with E-state index in [0.29, 0.717) is 22.3 Å². The maximum absolute atomic E-state index is 5.83. The van der Waals surface area contributed by atoms with Crippen molar-refractivity contribution in [3.8, 4) is 0 Å². The van der Waals surface area contributed by atoms with Gasteiger partial charge in [0.2, 0.25) is 0 Å². The highest BCUT2D eigenvalue weighted by Crippen LogP contribution is 2.09. The van der Waals surface area contributed by atoms with Crippen molar-refractivity contribution in [1.82, 2.24) is 10.3 Å². The van der Waals surface area contributed by atoms with Gasteiger partial charge in [0, 0.05) is 25.7 Å². The van der Waals surface area contributed by atoms with Gasteiger partial charge in [-0.05, 0) is 32.9 Å². The normalized spacial score (nSPS) is 17.5. The molecular weight excluding hydrogens is 344 g/mol. The number of hydrogen-bond acceptors (Lipinski definition) is 7. The Kier molecular flexibility index (Phi) is 10.6. The molecule has 0 amide bonds. The molecule has 0 aromatic rings. The van der Waals surface area contributed by atoms with E-state index in [1.807, 2.05) is 32.3 Å². The van der Waals surface area contributed by atoms with Crippen LogP contribution in [0.15, 0.2) is 33.7 Å². The molecule has 0 saturated carbocycles. The van der Waals surface area contributed by atoms with Crippen LogP contribution in [-0.2, 0) is 9.47 Å². The van der Waals surface area contributed by atoms with Crippen molar-refractivity contribution >= 4 is 40.7 Å². The first-order chi connectivity index (χ1) is 11.6. The van der Waals surface area contributed by atoms with Gasteiger partial charge < -0.3 is 9.47 Å². The van der Waals surface area contributed by atoms with E-state index < -0.39 is 0 Å². The summed E-state index contributed by atoms with van der Waals surface area (Å²) >= 11 is 6.48. The molecule has 1 saturated heterocycles. The van der Waals surface area contributed by atoms with Crippen LogP contribution in [0.4, 0.5) is 0 Å². The van der Waals surface area contributed by atoms with Crippen molar-refractivity contribution in [2.45, 2.75) is 13.8 Å². The summed E-state index contributed by atoms with van der Waals surface area (Å²) in [6.45, 7) is 12.4. The molecule has 134 valence electrons. The van der Waals surface area contributed by atoms with Gasteiger partial charge in [-0.15, -0.1) is 0 Å². The van der Waals surface area contributed by atoms with Crippen LogP contribution in [0.2, 0.25) is 0 Å². The molecule has 0 radical (unpaired) electrons. The van der Waals surface area contributed by atoms with Crippen molar-refractivity contribution in [3.63, 3.8) is 0 Å². The summed E-state index contributed by atoms with van der Waals surface area (Å²) in [5.41, 5.74) is 4.14. The molecule has 1 aliphatic heterocycles. The number of nitrogens with one attached hydrogen (secondary N) is 1. The topological polar surface area (TPSA) is 58.5 Å². The van der Waals surface area contributed by atoms with E-state index >= 15 is 0 Å². The zero-order chi connectivity index (χ0) is 17.8. The fourth-order valence-corrected chi connectivity index (χ4v) is 2.14. The predicted molar refractivity (Wildman–Crippen MR) is 107 cm³/mol. The van der Waals surface area contributed by atoms with Crippen LogP contribution in [0.3, 0.4) is 0 Å². The summed E-state index contributed by atoms with van der Waals surface area (Å²) < 4.78 is 11.8. The second kappa shape index (κ2) is 12.2. The van der Waals surface area contributed by atoms with Gasteiger partial charge in [0.25, 0.3) is 0 Å². The Morgan fingerprint density at radius 1 is 1.46 bits per heavy atom. The Balaban J connectivity index is 2.56. The lowest BCUT2D eigenvalue weighted by Crippen LogP contribution is -2.38. The molecule has 0 atom stereocenters. The van der Waals surface area contributed by atoms with Gasteiger partial charge in [-0.2, -0.15) is 5.10 Å². The summed E-state index contributed by atoms with van der Waals surface area (Å²) in [6.07, 6.45) is 5.62. The van der Waals surface area contributed by atoms with Gasteiger partial charge in [-0.1, -0.05) is 24.0 Å². The molecule has 6 nitrogen and oxygen atoms in total. The molecule has 1 aliphatic rings. The molecule has 8 heteroatoms. The van der Waals surface area contributed by atoms with Crippen LogP contribution in [0.1, 0.15) is 13.8 Å². The van der Waals surface area contributed by atoms with Crippen molar-refractivity contribution < 1.29 is 9.47 Å². The molecule has 0 bridgehead atoms. The predicted octanol–water partition coefficient (Wildman–Crippen LogP) is 2.44. The Hall–Kier alpha value is -1.22. The Morgan fingerprint density at radius 2 is 2.17 bits per heavy atom. The van der Waals surface area contributed by atoms with E-state index in [1.54, 1.807) is 0 Å². The number of rotatable bonds is 8. The van der Waals surface area contributed by atoms with Gasteiger partial charge in [0.05, 0.1) is 24.6 Å². The largest absolute Gasteiger partial charge is 0.493 e. The fraction of sp³-hybridized carbons (Fsp3) is 0.562. The number of morpholine rings is 1. The summed E-state index contributed by atoms with van der Waals surface area (Å²) in [4.78, 5) is 6.35. The van der Waals surface area contributed by atoms with E-state index in [2.05, 4.69) is 27.1 Å². The van der Waals surface area contributed by atoms with Crippen LogP contribution < -0.4 is 5.43 Å². The second-order valence-corrected chi connectivity index (χ2v) is 6.46. The standard InChI is InChI=1S/C16H26N4O2S2/c1-5-14(22-11-8-20-6-9-21-10-7-20)12-15(17-3)13(2)18-19-16(23)24-4/h5,12H,3,6-11H2,1-2,4H3,(H,19,23)/b14-5+,15-12-,18-13+. The monoisotopic (exact) mass is 370 g/mol. The number of ether oxygens (including phenoxy) is 2. The molecule has 0 aliphatic carbocycles. The van der Waals surface area contributed by atoms with Gasteiger partial charge >= 0.3 is 0 Å². The molecule has 0 aromatic heterocycles. The van der Waals surface area contributed by atoms with Crippen LogP contribution >= 0.6 is 24.0 Å². The maximum Gasteiger partial charge on any atom is 0.153 e. The first-order valence-electron chi connectivity index (χ1n) is 7.77. The summed E-state index contributed by atoms with van der Waals surface area (Å²) in [5, 5.41) is 4.20. The van der Waals surface area contributed by atoms with E-state index in [1.165, 1.54) is 11.8 Å². The third-order valence-electron chi connectivity index (χ3n) is 3.38. The molecule has 1 heterocycles. The lowest BCUT2D eigenvalue weighted by atomic mass is 10.2. The average Bonchev–Trinajstić information content (AvgIpc) is 2.63. The van der Waals surface area contributed by atoms with E-state index in [9.17, 15) is 0 Å². The minimum atomic E-state index is 0.603. The lowest BCUT2D eigenvalue weighted by molar-refractivity contribution is 0.0281. The zero-order valence-corrected chi connectivity index (χ0v) is 16.2. The molecule has 0 aromatic carbocycles. The highest BCUT2D eigenvalue weighted by molar-refractivity contribution is 8.22. The quantitative estimate of drug-likeness (QED) is 0.233. The first kappa shape index (κ1) is 20.8. The SMILES string of the molecule is C=NC(=C\C(=C/C)OCCN1CCOCC1)/C(C)=N/NC(=S)SC. The van der Waals surface area contributed by atoms with Gasteiger partial charge in [-0.25, -0.2) is 0 Å². The minimum Gasteiger partial charge on any atom is -0.493 e. The van der Waals surface area contributed by atoms with Crippen molar-refractivity contribution in [2.24, 2.45) is 10.1 Å². The molecule has 24 heavy (non-hydrogen) atoms. The number of thiocarbonyl (C=S) groups is 1. The first-order valence-corrected chi connectivity index (χ1v) is 9.40. The van der Waals surface area contributed by atoms with Gasteiger partial charge in [0.15, 0.2) is 4.32 Å². The van der Waals surface area contributed by atoms with Crippen LogP contribution in [0.5, 0.6) is 0 Å². The third-order valence-corrected chi connectivity index (χ3v) is 4.44. The van der Waals surface area contributed by atoms with Crippen molar-refractivity contribution in [1.29, 1.82) is 0 Å². The van der Waals surface area contributed by atoms with Crippen LogP contribution in [0.25, 0.3) is 0 Å². The second-order valence-electron chi connectivity index (χ2n) is 4.98. The van der Waals surface area contributed by atoms with Crippen LogP contribution in [0, 0.1) is 0 Å². The van der Waals surface area contributed by atoms with Crippen LogP contribution in [-0.4, -0.2) is 67.4 Å². The number of thioether (sulfide) groups is 1. The molecular formula is C16H26N4O2S2. The number of allylic oxidation sites excluding steroid dienone is 3. The number of aliphatic imine (C=N–C) groups is 1. The highest BCUT2D eigenvalue weighted by atomic mass is 32.2. The molecule has 1 N–H and O–H groups in total. The fourth-order valence-electron chi connectivity index (χ4n) is 1.96. The summed E-state index contributed by atoms with van der Waals surface area (Å²) in [7, 11) is 0. The van der Waals surface area contributed by atoms with Gasteiger partial charge in [-0.3, -0.25) is 15.3 Å². The van der Waals surface area contributed by atoms with E-state index in [-0.39, 0.29) is 0 Å². The molecule has 0 spiro atoms. The summed E-state index contributed by atoms with van der Waals surface area (Å²) in [6, 6.07) is 0. The third kappa shape index (κ3) is 8.05. The Bertz CT molecular complexity index is 512. The number of hydrazone groups is 1. The lowest BCUT2D eigenvalue weighted by Gasteiger charge is -2.26. The zero-order valence-electron chi connectivity index (χ0n) is 14.6. The Labute approximate surface area is 154 Å².